The van der Waals surface area contributed by atoms with Gasteiger partial charge in [0.1, 0.15) is 5.71 Å². The standard InChI is InChI=1S/C25H21ClN2O3/c1-3-31-22-15-17(14-21(26)24(22)29)13-20-23(18-7-5-4-6-8-18)27-28(25(20)30)19-11-9-16(2)10-12-19/h4-15,29H,3H2,1-2H3. The monoisotopic (exact) mass is 432 g/mol. The molecule has 0 unspecified atom stereocenters. The SMILES string of the molecule is CCOc1cc(C=C2C(=O)N(c3ccc(C)cc3)N=C2c2ccccc2)cc(Cl)c1O. The second-order valence-electron chi connectivity index (χ2n) is 7.11. The van der Waals surface area contributed by atoms with E-state index >= 15 is 0 Å². The van der Waals surface area contributed by atoms with Gasteiger partial charge in [0.2, 0.25) is 0 Å². The fraction of sp³-hybridized carbons (Fsp3) is 0.120. The van der Waals surface area contributed by atoms with Crippen molar-refractivity contribution in [2.24, 2.45) is 5.10 Å². The molecule has 4 rings (SSSR count). The van der Waals surface area contributed by atoms with Crippen molar-refractivity contribution in [1.82, 2.24) is 0 Å². The molecule has 3 aromatic rings. The zero-order chi connectivity index (χ0) is 22.0. The average molecular weight is 433 g/mol. The molecule has 1 N–H and O–H groups in total. The minimum Gasteiger partial charge on any atom is -0.503 e. The minimum atomic E-state index is -0.245. The lowest BCUT2D eigenvalue weighted by Crippen LogP contribution is -2.21. The van der Waals surface area contributed by atoms with E-state index in [0.29, 0.717) is 29.1 Å². The first-order valence-electron chi connectivity index (χ1n) is 9.90. The second kappa shape index (κ2) is 8.66. The highest BCUT2D eigenvalue weighted by Gasteiger charge is 2.32. The largest absolute Gasteiger partial charge is 0.503 e. The van der Waals surface area contributed by atoms with Gasteiger partial charge in [0.25, 0.3) is 5.91 Å². The molecular weight excluding hydrogens is 412 g/mol. The molecule has 0 spiro atoms. The maximum Gasteiger partial charge on any atom is 0.281 e. The van der Waals surface area contributed by atoms with Crippen molar-refractivity contribution in [2.45, 2.75) is 13.8 Å². The summed E-state index contributed by atoms with van der Waals surface area (Å²) in [6.45, 7) is 4.18. The summed E-state index contributed by atoms with van der Waals surface area (Å²) in [5, 5.41) is 16.3. The van der Waals surface area contributed by atoms with Gasteiger partial charge in [0.05, 0.1) is 22.9 Å². The Labute approximate surface area is 185 Å². The Kier molecular flexibility index (Phi) is 5.78. The summed E-state index contributed by atoms with van der Waals surface area (Å²) < 4.78 is 5.47. The van der Waals surface area contributed by atoms with Gasteiger partial charge >= 0.3 is 0 Å². The molecule has 1 aliphatic rings. The Morgan fingerprint density at radius 2 is 1.81 bits per heavy atom. The molecule has 1 aliphatic heterocycles. The maximum atomic E-state index is 13.4. The number of halogens is 1. The first-order valence-corrected chi connectivity index (χ1v) is 10.3. The van der Waals surface area contributed by atoms with Crippen LogP contribution in [0, 0.1) is 6.92 Å². The Balaban J connectivity index is 1.83. The van der Waals surface area contributed by atoms with Crippen molar-refractivity contribution in [3.63, 3.8) is 0 Å². The van der Waals surface area contributed by atoms with Crippen LogP contribution in [0.2, 0.25) is 5.02 Å². The van der Waals surface area contributed by atoms with Gasteiger partial charge in [0, 0.05) is 5.56 Å². The number of rotatable bonds is 5. The zero-order valence-electron chi connectivity index (χ0n) is 17.2. The molecule has 0 aliphatic carbocycles. The van der Waals surface area contributed by atoms with Crippen molar-refractivity contribution in [3.8, 4) is 11.5 Å². The third kappa shape index (κ3) is 4.18. The van der Waals surface area contributed by atoms with E-state index in [0.717, 1.165) is 11.1 Å². The van der Waals surface area contributed by atoms with Crippen LogP contribution >= 0.6 is 11.6 Å². The minimum absolute atomic E-state index is 0.123. The molecule has 1 heterocycles. The molecule has 0 fully saturated rings. The van der Waals surface area contributed by atoms with Gasteiger partial charge in [-0.3, -0.25) is 4.79 Å². The molecule has 0 bridgehead atoms. The second-order valence-corrected chi connectivity index (χ2v) is 7.51. The van der Waals surface area contributed by atoms with E-state index in [1.807, 2.05) is 68.4 Å². The number of hydrazone groups is 1. The average Bonchev–Trinajstić information content (AvgIpc) is 3.09. The molecule has 0 radical (unpaired) electrons. The number of carbonyl (C=O) groups excluding carboxylic acids is 1. The molecule has 1 amide bonds. The molecule has 0 saturated heterocycles. The van der Waals surface area contributed by atoms with Crippen LogP contribution in [0.4, 0.5) is 5.69 Å². The molecule has 0 saturated carbocycles. The van der Waals surface area contributed by atoms with Gasteiger partial charge < -0.3 is 9.84 Å². The molecule has 6 heteroatoms. The number of anilines is 1. The molecule has 5 nitrogen and oxygen atoms in total. The number of nitrogens with zero attached hydrogens (tertiary/aromatic N) is 2. The number of phenolic OH excluding ortho intramolecular Hbond substituents is 1. The Morgan fingerprint density at radius 3 is 2.48 bits per heavy atom. The van der Waals surface area contributed by atoms with Crippen LogP contribution in [0.25, 0.3) is 6.08 Å². The lowest BCUT2D eigenvalue weighted by atomic mass is 10.00. The van der Waals surface area contributed by atoms with E-state index in [9.17, 15) is 9.90 Å². The van der Waals surface area contributed by atoms with Gasteiger partial charge in [-0.05, 0) is 49.8 Å². The number of benzene rings is 3. The van der Waals surface area contributed by atoms with Gasteiger partial charge in [-0.25, -0.2) is 0 Å². The van der Waals surface area contributed by atoms with Crippen LogP contribution in [-0.4, -0.2) is 23.3 Å². The van der Waals surface area contributed by atoms with Crippen LogP contribution < -0.4 is 9.75 Å². The summed E-state index contributed by atoms with van der Waals surface area (Å²) >= 11 is 6.18. The van der Waals surface area contributed by atoms with Crippen molar-refractivity contribution in [2.75, 3.05) is 11.6 Å². The maximum absolute atomic E-state index is 13.4. The fourth-order valence-corrected chi connectivity index (χ4v) is 3.54. The molecule has 0 aromatic heterocycles. The van der Waals surface area contributed by atoms with Gasteiger partial charge in [-0.2, -0.15) is 10.1 Å². The third-order valence-corrected chi connectivity index (χ3v) is 5.15. The number of aryl methyl sites for hydroxylation is 1. The summed E-state index contributed by atoms with van der Waals surface area (Å²) in [6.07, 6.45) is 1.72. The van der Waals surface area contributed by atoms with Gasteiger partial charge in [-0.1, -0.05) is 59.6 Å². The summed E-state index contributed by atoms with van der Waals surface area (Å²) in [5.41, 5.74) is 4.23. The predicted octanol–water partition coefficient (Wildman–Crippen LogP) is 5.59. The quantitative estimate of drug-likeness (QED) is 0.535. The topological polar surface area (TPSA) is 62.1 Å². The van der Waals surface area contributed by atoms with Gasteiger partial charge in [0.15, 0.2) is 11.5 Å². The van der Waals surface area contributed by atoms with Crippen molar-refractivity contribution in [3.05, 3.63) is 94.0 Å². The van der Waals surface area contributed by atoms with Crippen LogP contribution in [0.5, 0.6) is 11.5 Å². The molecular formula is C25H21ClN2O3. The summed E-state index contributed by atoms with van der Waals surface area (Å²) in [5.74, 6) is -0.104. The third-order valence-electron chi connectivity index (χ3n) is 4.87. The van der Waals surface area contributed by atoms with Crippen LogP contribution in [-0.2, 0) is 4.79 Å². The smallest absolute Gasteiger partial charge is 0.281 e. The number of carbonyl (C=O) groups is 1. The normalized spacial score (nSPS) is 14.8. The molecule has 31 heavy (non-hydrogen) atoms. The first-order chi connectivity index (χ1) is 15.0. The van der Waals surface area contributed by atoms with Crippen LogP contribution in [0.3, 0.4) is 0 Å². The number of amides is 1. The highest BCUT2D eigenvalue weighted by Crippen LogP contribution is 2.37. The van der Waals surface area contributed by atoms with E-state index in [1.165, 1.54) is 5.01 Å². The number of aromatic hydroxyl groups is 1. The highest BCUT2D eigenvalue weighted by atomic mass is 35.5. The Bertz CT molecular complexity index is 1190. The number of phenols is 1. The number of hydrogen-bond acceptors (Lipinski definition) is 4. The van der Waals surface area contributed by atoms with E-state index < -0.39 is 0 Å². The lowest BCUT2D eigenvalue weighted by Gasteiger charge is -2.12. The first kappa shape index (κ1) is 20.7. The zero-order valence-corrected chi connectivity index (χ0v) is 17.9. The van der Waals surface area contributed by atoms with Gasteiger partial charge in [-0.15, -0.1) is 0 Å². The predicted molar refractivity (Wildman–Crippen MR) is 124 cm³/mol. The summed E-state index contributed by atoms with van der Waals surface area (Å²) in [6, 6.07) is 20.4. The van der Waals surface area contributed by atoms with Crippen molar-refractivity contribution < 1.29 is 14.6 Å². The molecule has 3 aromatic carbocycles. The fourth-order valence-electron chi connectivity index (χ4n) is 3.32. The number of ether oxygens (including phenoxy) is 1. The van der Waals surface area contributed by atoms with E-state index in [4.69, 9.17) is 16.3 Å². The Morgan fingerprint density at radius 1 is 1.10 bits per heavy atom. The molecule has 0 atom stereocenters. The highest BCUT2D eigenvalue weighted by molar-refractivity contribution is 6.37. The van der Waals surface area contributed by atoms with E-state index in [1.54, 1.807) is 18.2 Å². The van der Waals surface area contributed by atoms with Crippen LogP contribution in [0.15, 0.2) is 77.4 Å². The number of hydrogen-bond donors (Lipinski definition) is 1. The van der Waals surface area contributed by atoms with E-state index in [2.05, 4.69) is 5.10 Å². The lowest BCUT2D eigenvalue weighted by molar-refractivity contribution is -0.114. The van der Waals surface area contributed by atoms with Crippen molar-refractivity contribution in [1.29, 1.82) is 0 Å². The summed E-state index contributed by atoms with van der Waals surface area (Å²) in [4.78, 5) is 13.4. The Hall–Kier alpha value is -3.57. The summed E-state index contributed by atoms with van der Waals surface area (Å²) in [7, 11) is 0. The van der Waals surface area contributed by atoms with Crippen molar-refractivity contribution >= 4 is 35.0 Å². The van der Waals surface area contributed by atoms with E-state index in [-0.39, 0.29) is 22.4 Å². The molecule has 156 valence electrons. The van der Waals surface area contributed by atoms with Crippen LogP contribution in [0.1, 0.15) is 23.6 Å².